The van der Waals surface area contributed by atoms with Crippen molar-refractivity contribution in [3.05, 3.63) is 35.4 Å². The summed E-state index contributed by atoms with van der Waals surface area (Å²) in [6.07, 6.45) is 8.75. The fourth-order valence-corrected chi connectivity index (χ4v) is 6.64. The highest BCUT2D eigenvalue weighted by Gasteiger charge is 2.33. The van der Waals surface area contributed by atoms with Crippen LogP contribution in [0.25, 0.3) is 0 Å². The van der Waals surface area contributed by atoms with E-state index in [-0.39, 0.29) is 44.1 Å². The number of nitrogens with zero attached hydrogens (tertiary/aromatic N) is 2. The van der Waals surface area contributed by atoms with Crippen molar-refractivity contribution in [1.29, 1.82) is 0 Å². The van der Waals surface area contributed by atoms with Gasteiger partial charge in [0.15, 0.2) is 5.78 Å². The minimum absolute atomic E-state index is 0. The summed E-state index contributed by atoms with van der Waals surface area (Å²) >= 11 is 0. The number of ketones is 1. The third kappa shape index (κ3) is 7.93. The van der Waals surface area contributed by atoms with Crippen LogP contribution in [0.3, 0.4) is 0 Å². The number of carbonyl (C=O) groups is 4. The van der Waals surface area contributed by atoms with Gasteiger partial charge in [-0.05, 0) is 61.6 Å². The minimum atomic E-state index is -0.429. The van der Waals surface area contributed by atoms with Crippen molar-refractivity contribution in [1.82, 2.24) is 20.4 Å². The summed E-state index contributed by atoms with van der Waals surface area (Å²) in [5.41, 5.74) is 1.65. The Labute approximate surface area is 242 Å². The number of hydrogen-bond donors (Lipinski definition) is 2. The molecule has 1 aliphatic carbocycles. The van der Waals surface area contributed by atoms with Crippen molar-refractivity contribution in [2.75, 3.05) is 39.8 Å². The fraction of sp³-hybridized carbons (Fsp3) is 0.688. The summed E-state index contributed by atoms with van der Waals surface area (Å²) in [6.45, 7) is 6.99. The smallest absolute Gasteiger partial charge is 0.251 e. The van der Waals surface area contributed by atoms with E-state index in [0.29, 0.717) is 31.0 Å². The molecule has 0 bridgehead atoms. The van der Waals surface area contributed by atoms with Crippen LogP contribution < -0.4 is 10.6 Å². The molecule has 2 heterocycles. The van der Waals surface area contributed by atoms with Crippen LogP contribution in [0, 0.1) is 17.8 Å². The zero-order valence-corrected chi connectivity index (χ0v) is 24.6. The lowest BCUT2D eigenvalue weighted by Gasteiger charge is -2.34. The number of piperidine rings is 2. The van der Waals surface area contributed by atoms with Crippen molar-refractivity contribution < 1.29 is 22.0 Å². The number of carbonyl (C=O) groups excluding carboxylic acids is 4. The zero-order chi connectivity index (χ0) is 28.6. The Bertz CT molecular complexity index is 1060. The first kappa shape index (κ1) is 30.2. The van der Waals surface area contributed by atoms with Gasteiger partial charge in [0.2, 0.25) is 11.8 Å². The van der Waals surface area contributed by atoms with E-state index in [4.69, 9.17) is 0 Å². The lowest BCUT2D eigenvalue weighted by atomic mass is 9.80. The van der Waals surface area contributed by atoms with E-state index in [9.17, 15) is 19.2 Å². The molecule has 1 aromatic rings. The molecule has 3 atom stereocenters. The SMILES string of the molecule is CC(C)C(=O)[C@H](NC(=O)c1cccc(C2CCCN(C(=O)CNCC3CCC(=O)N(C)C3)C2)c1)C1CCCCC1.[HH].[HH]. The molecule has 2 N–H and O–H groups in total. The van der Waals surface area contributed by atoms with Crippen molar-refractivity contribution in [3.63, 3.8) is 0 Å². The Morgan fingerprint density at radius 2 is 1.80 bits per heavy atom. The molecule has 0 aromatic heterocycles. The number of hydrogen-bond acceptors (Lipinski definition) is 5. The summed E-state index contributed by atoms with van der Waals surface area (Å²) in [4.78, 5) is 54.8. The maximum absolute atomic E-state index is 13.4. The number of benzene rings is 1. The van der Waals surface area contributed by atoms with Gasteiger partial charge in [-0.1, -0.05) is 45.2 Å². The summed E-state index contributed by atoms with van der Waals surface area (Å²) in [5.74, 6) is 0.880. The van der Waals surface area contributed by atoms with E-state index in [1.807, 2.05) is 50.1 Å². The standard InChI is InChI=1S/C32H48N4O4.2H2/c1-22(2)31(39)30(24-9-5-4-6-10-24)34-32(40)26-12-7-11-25(17-26)27-13-8-16-36(21-27)29(38)19-33-18-23-14-15-28(37)35(3)20-23;;/h7,11-12,17,22-24,27,30,33H,4-6,8-10,13-16,18-21H2,1-3H3,(H,34,40);2*1H/t23?,27?,30-;;/m1../s1. The predicted octanol–water partition coefficient (Wildman–Crippen LogP) is 4.25. The van der Waals surface area contributed by atoms with Crippen LogP contribution >= 0.6 is 0 Å². The van der Waals surface area contributed by atoms with Crippen LogP contribution in [0.2, 0.25) is 0 Å². The van der Waals surface area contributed by atoms with Gasteiger partial charge in [-0.25, -0.2) is 0 Å². The number of nitrogens with one attached hydrogen (secondary N) is 2. The Morgan fingerprint density at radius 3 is 2.52 bits per heavy atom. The van der Waals surface area contributed by atoms with Crippen molar-refractivity contribution in [3.8, 4) is 0 Å². The normalized spacial score (nSPS) is 23.2. The highest BCUT2D eigenvalue weighted by Crippen LogP contribution is 2.30. The van der Waals surface area contributed by atoms with Gasteiger partial charge in [0.05, 0.1) is 12.6 Å². The van der Waals surface area contributed by atoms with Gasteiger partial charge in [0.1, 0.15) is 0 Å². The summed E-state index contributed by atoms with van der Waals surface area (Å²) in [6, 6.07) is 7.30. The second-order valence-corrected chi connectivity index (χ2v) is 12.5. The molecule has 2 unspecified atom stereocenters. The molecule has 1 saturated carbocycles. The lowest BCUT2D eigenvalue weighted by molar-refractivity contribution is -0.134. The molecule has 40 heavy (non-hydrogen) atoms. The second kappa shape index (κ2) is 14.2. The maximum Gasteiger partial charge on any atom is 0.251 e. The lowest BCUT2D eigenvalue weighted by Crippen LogP contribution is -2.48. The first-order valence-corrected chi connectivity index (χ1v) is 15.4. The molecule has 8 heteroatoms. The highest BCUT2D eigenvalue weighted by molar-refractivity contribution is 5.98. The van der Waals surface area contributed by atoms with Crippen molar-refractivity contribution in [2.45, 2.75) is 83.6 Å². The molecule has 0 radical (unpaired) electrons. The number of rotatable bonds is 10. The number of likely N-dealkylation sites (tertiary alicyclic amines) is 2. The molecule has 8 nitrogen and oxygen atoms in total. The first-order chi connectivity index (χ1) is 19.2. The Morgan fingerprint density at radius 1 is 1.02 bits per heavy atom. The second-order valence-electron chi connectivity index (χ2n) is 12.5. The maximum atomic E-state index is 13.4. The van der Waals surface area contributed by atoms with Gasteiger partial charge < -0.3 is 20.4 Å². The zero-order valence-electron chi connectivity index (χ0n) is 24.6. The van der Waals surface area contributed by atoms with Gasteiger partial charge >= 0.3 is 0 Å². The molecule has 2 aliphatic heterocycles. The molecular weight excluding hydrogens is 504 g/mol. The average Bonchev–Trinajstić information content (AvgIpc) is 2.97. The van der Waals surface area contributed by atoms with Gasteiger partial charge in [-0.15, -0.1) is 0 Å². The largest absolute Gasteiger partial charge is 0.345 e. The average molecular weight is 557 g/mol. The highest BCUT2D eigenvalue weighted by atomic mass is 16.2. The van der Waals surface area contributed by atoms with E-state index in [1.165, 1.54) is 6.42 Å². The van der Waals surface area contributed by atoms with Gasteiger partial charge in [0, 0.05) is 59.9 Å². The molecule has 3 aliphatic rings. The van der Waals surface area contributed by atoms with Crippen LogP contribution in [0.4, 0.5) is 0 Å². The molecule has 4 rings (SSSR count). The molecule has 224 valence electrons. The molecule has 0 spiro atoms. The Hall–Kier alpha value is -2.74. The van der Waals surface area contributed by atoms with Gasteiger partial charge in [-0.3, -0.25) is 19.2 Å². The van der Waals surface area contributed by atoms with E-state index in [0.717, 1.165) is 70.1 Å². The van der Waals surface area contributed by atoms with Crippen molar-refractivity contribution >= 4 is 23.5 Å². The van der Waals surface area contributed by atoms with Crippen molar-refractivity contribution in [2.24, 2.45) is 17.8 Å². The topological polar surface area (TPSA) is 98.8 Å². The fourth-order valence-electron chi connectivity index (χ4n) is 6.64. The van der Waals surface area contributed by atoms with Crippen LogP contribution in [-0.2, 0) is 14.4 Å². The van der Waals surface area contributed by atoms with E-state index in [1.54, 1.807) is 4.90 Å². The summed E-state index contributed by atoms with van der Waals surface area (Å²) < 4.78 is 0. The van der Waals surface area contributed by atoms with Crippen LogP contribution in [-0.4, -0.2) is 79.1 Å². The van der Waals surface area contributed by atoms with Crippen LogP contribution in [0.1, 0.15) is 96.3 Å². The van der Waals surface area contributed by atoms with E-state index < -0.39 is 6.04 Å². The molecule has 3 fully saturated rings. The molecule has 3 amide bonds. The quantitative estimate of drug-likeness (QED) is 0.449. The third-order valence-electron chi connectivity index (χ3n) is 9.11. The monoisotopic (exact) mass is 556 g/mol. The predicted molar refractivity (Wildman–Crippen MR) is 160 cm³/mol. The summed E-state index contributed by atoms with van der Waals surface area (Å²) in [7, 11) is 1.84. The first-order valence-electron chi connectivity index (χ1n) is 15.4. The Balaban J connectivity index is 0.00000308. The van der Waals surface area contributed by atoms with E-state index >= 15 is 0 Å². The van der Waals surface area contributed by atoms with Crippen LogP contribution in [0.15, 0.2) is 24.3 Å². The molecule has 1 aromatic carbocycles. The van der Waals surface area contributed by atoms with Gasteiger partial charge in [0.25, 0.3) is 5.91 Å². The third-order valence-corrected chi connectivity index (χ3v) is 9.11. The summed E-state index contributed by atoms with van der Waals surface area (Å²) in [5, 5.41) is 6.43. The Kier molecular flexibility index (Phi) is 10.8. The minimum Gasteiger partial charge on any atom is -0.345 e. The molecular formula is C32H52N4O4. The number of Topliss-reactive ketones (excluding diaryl/α,β-unsaturated/α-hetero) is 1. The molecule has 2 saturated heterocycles. The number of amides is 3. The van der Waals surface area contributed by atoms with E-state index in [2.05, 4.69) is 10.6 Å². The van der Waals surface area contributed by atoms with Crippen LogP contribution in [0.5, 0.6) is 0 Å². The van der Waals surface area contributed by atoms with Gasteiger partial charge in [-0.2, -0.15) is 0 Å².